The van der Waals surface area contributed by atoms with Crippen molar-refractivity contribution < 1.29 is 9.90 Å². The molecule has 4 N–H and O–H groups in total. The Hall–Kier alpha value is -1.26. The van der Waals surface area contributed by atoms with Gasteiger partial charge in [0.25, 0.3) is 0 Å². The molecule has 0 saturated heterocycles. The summed E-state index contributed by atoms with van der Waals surface area (Å²) in [6.07, 6.45) is 1.06. The second-order valence-electron chi connectivity index (χ2n) is 3.52. The van der Waals surface area contributed by atoms with Crippen molar-refractivity contribution >= 4 is 17.5 Å². The third-order valence-corrected chi connectivity index (χ3v) is 2.37. The number of nitrogens with two attached hydrogens (primary N) is 1. The lowest BCUT2D eigenvalue weighted by Gasteiger charge is -2.06. The summed E-state index contributed by atoms with van der Waals surface area (Å²) in [7, 11) is 0. The second-order valence-corrected chi connectivity index (χ2v) is 3.96. The van der Waals surface area contributed by atoms with Crippen molar-refractivity contribution in [3.8, 4) is 5.75 Å². The number of rotatable bonds is 6. The van der Waals surface area contributed by atoms with E-state index in [1.807, 2.05) is 0 Å². The predicted octanol–water partition coefficient (Wildman–Crippen LogP) is 1.40. The van der Waals surface area contributed by atoms with Gasteiger partial charge in [-0.05, 0) is 31.2 Å². The van der Waals surface area contributed by atoms with Crippen molar-refractivity contribution in [3.63, 3.8) is 0 Å². The Morgan fingerprint density at radius 1 is 1.50 bits per heavy atom. The lowest BCUT2D eigenvalue weighted by molar-refractivity contribution is -0.118. The minimum Gasteiger partial charge on any atom is -0.508 e. The fraction of sp³-hybridized carbons (Fsp3) is 0.364. The molecule has 0 aliphatic heterocycles. The van der Waals surface area contributed by atoms with Gasteiger partial charge in [0, 0.05) is 23.6 Å². The monoisotopic (exact) mass is 242 g/mol. The van der Waals surface area contributed by atoms with Crippen LogP contribution >= 0.6 is 11.6 Å². The Morgan fingerprint density at radius 2 is 2.25 bits per heavy atom. The molecular weight excluding hydrogens is 228 g/mol. The van der Waals surface area contributed by atoms with Crippen molar-refractivity contribution in [2.45, 2.75) is 19.4 Å². The van der Waals surface area contributed by atoms with Gasteiger partial charge < -0.3 is 16.2 Å². The highest BCUT2D eigenvalue weighted by Crippen LogP contribution is 2.20. The van der Waals surface area contributed by atoms with E-state index in [2.05, 4.69) is 5.32 Å². The zero-order valence-electron chi connectivity index (χ0n) is 8.87. The Morgan fingerprint density at radius 3 is 2.94 bits per heavy atom. The molecular formula is C11H15ClN2O2. The van der Waals surface area contributed by atoms with Gasteiger partial charge in [0.2, 0.25) is 5.91 Å². The minimum atomic E-state index is -0.299. The van der Waals surface area contributed by atoms with E-state index in [0.717, 1.165) is 5.56 Å². The molecule has 88 valence electrons. The second kappa shape index (κ2) is 6.35. The summed E-state index contributed by atoms with van der Waals surface area (Å²) in [5, 5.41) is 13.2. The number of carbonyl (C=O) groups is 1. The summed E-state index contributed by atoms with van der Waals surface area (Å²) in [5.41, 5.74) is 5.75. The standard InChI is InChI=1S/C11H15ClN2O2/c12-9-3-4-10(15)8(6-9)7-14-5-1-2-11(13)16/h3-4,6,14-15H,1-2,5,7H2,(H2,13,16). The van der Waals surface area contributed by atoms with Crippen molar-refractivity contribution in [3.05, 3.63) is 28.8 Å². The first kappa shape index (κ1) is 12.8. The molecule has 0 fully saturated rings. The van der Waals surface area contributed by atoms with Crippen LogP contribution in [0.15, 0.2) is 18.2 Å². The van der Waals surface area contributed by atoms with E-state index in [-0.39, 0.29) is 11.7 Å². The Bertz CT molecular complexity index is 369. The highest BCUT2D eigenvalue weighted by atomic mass is 35.5. The van der Waals surface area contributed by atoms with E-state index in [0.29, 0.717) is 31.0 Å². The maximum atomic E-state index is 10.5. The number of phenols is 1. The predicted molar refractivity (Wildman–Crippen MR) is 63.3 cm³/mol. The summed E-state index contributed by atoms with van der Waals surface area (Å²) in [4.78, 5) is 10.5. The lowest BCUT2D eigenvalue weighted by atomic mass is 10.2. The van der Waals surface area contributed by atoms with Gasteiger partial charge >= 0.3 is 0 Å². The van der Waals surface area contributed by atoms with Gasteiger partial charge in [0.05, 0.1) is 0 Å². The zero-order chi connectivity index (χ0) is 12.0. The van der Waals surface area contributed by atoms with Crippen molar-refractivity contribution in [1.29, 1.82) is 0 Å². The highest BCUT2D eigenvalue weighted by Gasteiger charge is 2.01. The molecule has 1 amide bonds. The average Bonchev–Trinajstić information content (AvgIpc) is 2.22. The van der Waals surface area contributed by atoms with E-state index < -0.39 is 0 Å². The fourth-order valence-corrected chi connectivity index (χ4v) is 1.50. The number of phenolic OH excluding ortho intramolecular Hbond substituents is 1. The quantitative estimate of drug-likeness (QED) is 0.660. The van der Waals surface area contributed by atoms with E-state index in [9.17, 15) is 9.90 Å². The number of amides is 1. The van der Waals surface area contributed by atoms with Gasteiger partial charge in [-0.2, -0.15) is 0 Å². The number of primary amides is 1. The lowest BCUT2D eigenvalue weighted by Crippen LogP contribution is -2.18. The smallest absolute Gasteiger partial charge is 0.217 e. The molecule has 0 unspecified atom stereocenters. The molecule has 0 atom stereocenters. The molecule has 0 spiro atoms. The van der Waals surface area contributed by atoms with Crippen LogP contribution in [0.4, 0.5) is 0 Å². The summed E-state index contributed by atoms with van der Waals surface area (Å²) < 4.78 is 0. The number of halogens is 1. The normalized spacial score (nSPS) is 10.3. The fourth-order valence-electron chi connectivity index (χ4n) is 1.31. The largest absolute Gasteiger partial charge is 0.508 e. The zero-order valence-corrected chi connectivity index (χ0v) is 9.63. The molecule has 1 aromatic carbocycles. The Balaban J connectivity index is 2.31. The maximum absolute atomic E-state index is 10.5. The first-order valence-electron chi connectivity index (χ1n) is 5.06. The highest BCUT2D eigenvalue weighted by molar-refractivity contribution is 6.30. The SMILES string of the molecule is NC(=O)CCCNCc1cc(Cl)ccc1O. The molecule has 0 aliphatic carbocycles. The molecule has 16 heavy (non-hydrogen) atoms. The van der Waals surface area contributed by atoms with Crippen molar-refractivity contribution in [2.75, 3.05) is 6.54 Å². The van der Waals surface area contributed by atoms with E-state index in [4.69, 9.17) is 17.3 Å². The van der Waals surface area contributed by atoms with Crippen LogP contribution in [-0.4, -0.2) is 17.6 Å². The van der Waals surface area contributed by atoms with Crippen molar-refractivity contribution in [1.82, 2.24) is 5.32 Å². The van der Waals surface area contributed by atoms with Crippen LogP contribution in [0.3, 0.4) is 0 Å². The topological polar surface area (TPSA) is 75.4 Å². The Kier molecular flexibility index (Phi) is 5.08. The molecule has 0 aromatic heterocycles. The third-order valence-electron chi connectivity index (χ3n) is 2.13. The van der Waals surface area contributed by atoms with E-state index >= 15 is 0 Å². The van der Waals surface area contributed by atoms with Crippen molar-refractivity contribution in [2.24, 2.45) is 5.73 Å². The molecule has 1 rings (SSSR count). The van der Waals surface area contributed by atoms with Crippen LogP contribution in [0.5, 0.6) is 5.75 Å². The van der Waals surface area contributed by atoms with Crippen LogP contribution in [0.25, 0.3) is 0 Å². The molecule has 1 aromatic rings. The summed E-state index contributed by atoms with van der Waals surface area (Å²) in [5.74, 6) is -0.0841. The summed E-state index contributed by atoms with van der Waals surface area (Å²) in [6.45, 7) is 1.19. The maximum Gasteiger partial charge on any atom is 0.217 e. The first-order chi connectivity index (χ1) is 7.59. The van der Waals surface area contributed by atoms with Gasteiger partial charge in [-0.15, -0.1) is 0 Å². The number of benzene rings is 1. The van der Waals surface area contributed by atoms with Crippen LogP contribution in [-0.2, 0) is 11.3 Å². The molecule has 0 bridgehead atoms. The van der Waals surface area contributed by atoms with Crippen LogP contribution in [0.1, 0.15) is 18.4 Å². The van der Waals surface area contributed by atoms with Gasteiger partial charge in [0.15, 0.2) is 0 Å². The van der Waals surface area contributed by atoms with Crippen LogP contribution < -0.4 is 11.1 Å². The molecule has 0 heterocycles. The number of hydrogen-bond acceptors (Lipinski definition) is 3. The Labute approximate surface area is 99.4 Å². The number of aromatic hydroxyl groups is 1. The summed E-state index contributed by atoms with van der Waals surface area (Å²) in [6, 6.07) is 4.90. The molecule has 0 saturated carbocycles. The molecule has 0 radical (unpaired) electrons. The average molecular weight is 243 g/mol. The third kappa shape index (κ3) is 4.51. The molecule has 0 aliphatic rings. The summed E-state index contributed by atoms with van der Waals surface area (Å²) >= 11 is 5.80. The van der Waals surface area contributed by atoms with E-state index in [1.165, 1.54) is 0 Å². The van der Waals surface area contributed by atoms with E-state index in [1.54, 1.807) is 18.2 Å². The minimum absolute atomic E-state index is 0.215. The van der Waals surface area contributed by atoms with Crippen LogP contribution in [0, 0.1) is 0 Å². The van der Waals surface area contributed by atoms with Crippen LogP contribution in [0.2, 0.25) is 5.02 Å². The van der Waals surface area contributed by atoms with Gasteiger partial charge in [-0.1, -0.05) is 11.6 Å². The number of nitrogens with one attached hydrogen (secondary N) is 1. The van der Waals surface area contributed by atoms with Gasteiger partial charge in [-0.25, -0.2) is 0 Å². The van der Waals surface area contributed by atoms with Gasteiger partial charge in [-0.3, -0.25) is 4.79 Å². The molecule has 4 nitrogen and oxygen atoms in total. The molecule has 5 heteroatoms. The number of carbonyl (C=O) groups excluding carboxylic acids is 1. The first-order valence-corrected chi connectivity index (χ1v) is 5.44. The van der Waals surface area contributed by atoms with Gasteiger partial charge in [0.1, 0.15) is 5.75 Å². The number of hydrogen-bond donors (Lipinski definition) is 3.